The van der Waals surface area contributed by atoms with Gasteiger partial charge in [0.2, 0.25) is 0 Å². The quantitative estimate of drug-likeness (QED) is 0.389. The van der Waals surface area contributed by atoms with E-state index >= 15 is 0 Å². The molecule has 0 bridgehead atoms. The number of hydrogen-bond acceptors (Lipinski definition) is 3. The molecule has 1 heterocycles. The summed E-state index contributed by atoms with van der Waals surface area (Å²) in [6, 6.07) is 6.25. The molecule has 0 aliphatic carbocycles. The minimum atomic E-state index is -4.76. The number of para-hydroxylation sites is 2. The summed E-state index contributed by atoms with van der Waals surface area (Å²) in [6.45, 7) is 4.51. The Morgan fingerprint density at radius 3 is 2.76 bits per heavy atom. The van der Waals surface area contributed by atoms with Crippen LogP contribution in [-0.2, 0) is 0 Å². The van der Waals surface area contributed by atoms with Crippen molar-refractivity contribution in [1.29, 1.82) is 0 Å². The van der Waals surface area contributed by atoms with E-state index in [0.717, 1.165) is 13.1 Å². The molecule has 1 fully saturated rings. The highest BCUT2D eigenvalue weighted by Crippen LogP contribution is 2.29. The zero-order valence-electron chi connectivity index (χ0n) is 14.1. The van der Waals surface area contributed by atoms with Crippen molar-refractivity contribution in [3.63, 3.8) is 0 Å². The van der Waals surface area contributed by atoms with Crippen molar-refractivity contribution in [3.8, 4) is 5.75 Å². The summed E-state index contributed by atoms with van der Waals surface area (Å²) in [4.78, 5) is 6.54. The predicted molar refractivity (Wildman–Crippen MR) is 104 cm³/mol. The van der Waals surface area contributed by atoms with Gasteiger partial charge in [-0.25, -0.2) is 0 Å². The molecule has 0 radical (unpaired) electrons. The van der Waals surface area contributed by atoms with Crippen LogP contribution in [0.3, 0.4) is 0 Å². The second-order valence-electron chi connectivity index (χ2n) is 5.82. The van der Waals surface area contributed by atoms with Crippen LogP contribution < -0.4 is 15.8 Å². The summed E-state index contributed by atoms with van der Waals surface area (Å²) in [5, 5.41) is 2.67. The van der Waals surface area contributed by atoms with Crippen LogP contribution in [0.15, 0.2) is 29.3 Å². The molecule has 0 saturated carbocycles. The molecule has 5 nitrogen and oxygen atoms in total. The van der Waals surface area contributed by atoms with Crippen LogP contribution in [0.5, 0.6) is 5.75 Å². The standard InChI is InChI=1S/C16H23F3N4O.HI/c1-12-6-4-5-10-23(12)11-9-21-15(20)22-13-7-2-3-8-14(13)24-16(17,18)19;/h2-3,7-8,12H,4-6,9-11H2,1H3,(H3,20,21,22);1H. The SMILES string of the molecule is CC1CCCCN1CCN=C(N)Nc1ccccc1OC(F)(F)F.I. The van der Waals surface area contributed by atoms with Gasteiger partial charge in [0.1, 0.15) is 0 Å². The third kappa shape index (κ3) is 7.68. The highest BCUT2D eigenvalue weighted by molar-refractivity contribution is 14.0. The summed E-state index contributed by atoms with van der Waals surface area (Å²) < 4.78 is 41.1. The normalized spacial score (nSPS) is 19.2. The van der Waals surface area contributed by atoms with Gasteiger partial charge in [-0.05, 0) is 38.4 Å². The number of ether oxygens (including phenoxy) is 1. The van der Waals surface area contributed by atoms with Crippen LogP contribution in [0, 0.1) is 0 Å². The zero-order chi connectivity index (χ0) is 17.6. The molecule has 0 spiro atoms. The topological polar surface area (TPSA) is 62.9 Å². The molecule has 1 aromatic carbocycles. The van der Waals surface area contributed by atoms with Crippen molar-refractivity contribution in [1.82, 2.24) is 4.90 Å². The number of benzene rings is 1. The van der Waals surface area contributed by atoms with E-state index in [1.54, 1.807) is 6.07 Å². The predicted octanol–water partition coefficient (Wildman–Crippen LogP) is 3.80. The molecule has 1 aromatic rings. The van der Waals surface area contributed by atoms with Gasteiger partial charge in [-0.15, -0.1) is 37.1 Å². The fourth-order valence-corrected chi connectivity index (χ4v) is 2.75. The first-order chi connectivity index (χ1) is 11.3. The first kappa shape index (κ1) is 21.8. The number of nitrogens with two attached hydrogens (primary N) is 1. The Bertz CT molecular complexity index is 569. The average Bonchev–Trinajstić information content (AvgIpc) is 2.50. The van der Waals surface area contributed by atoms with Gasteiger partial charge in [0.15, 0.2) is 11.7 Å². The number of rotatable bonds is 5. The number of guanidine groups is 1. The number of anilines is 1. The third-order valence-corrected chi connectivity index (χ3v) is 3.99. The Kier molecular flexibility index (Phi) is 8.77. The summed E-state index contributed by atoms with van der Waals surface area (Å²) in [6.07, 6.45) is -1.14. The number of nitrogens with one attached hydrogen (secondary N) is 1. The van der Waals surface area contributed by atoms with Crippen molar-refractivity contribution in [3.05, 3.63) is 24.3 Å². The molecule has 3 N–H and O–H groups in total. The van der Waals surface area contributed by atoms with Gasteiger partial charge in [0, 0.05) is 12.6 Å². The fourth-order valence-electron chi connectivity index (χ4n) is 2.75. The zero-order valence-corrected chi connectivity index (χ0v) is 16.4. The lowest BCUT2D eigenvalue weighted by Gasteiger charge is -2.32. The van der Waals surface area contributed by atoms with Crippen molar-refractivity contribution in [2.75, 3.05) is 25.0 Å². The van der Waals surface area contributed by atoms with E-state index in [0.29, 0.717) is 12.6 Å². The Labute approximate surface area is 162 Å². The fraction of sp³-hybridized carbons (Fsp3) is 0.562. The smallest absolute Gasteiger partial charge is 0.404 e. The van der Waals surface area contributed by atoms with Gasteiger partial charge in [-0.3, -0.25) is 9.89 Å². The van der Waals surface area contributed by atoms with Crippen LogP contribution in [-0.4, -0.2) is 42.9 Å². The minimum absolute atomic E-state index is 0. The van der Waals surface area contributed by atoms with Gasteiger partial charge >= 0.3 is 6.36 Å². The Morgan fingerprint density at radius 2 is 2.08 bits per heavy atom. The van der Waals surface area contributed by atoms with Crippen molar-refractivity contribution in [2.24, 2.45) is 10.7 Å². The molecule has 1 saturated heterocycles. The molecule has 2 rings (SSSR count). The summed E-state index contributed by atoms with van der Waals surface area (Å²) >= 11 is 0. The number of nitrogens with zero attached hydrogens (tertiary/aromatic N) is 2. The Morgan fingerprint density at radius 1 is 1.36 bits per heavy atom. The van der Waals surface area contributed by atoms with Crippen molar-refractivity contribution >= 4 is 35.6 Å². The molecular weight excluding hydrogens is 448 g/mol. The van der Waals surface area contributed by atoms with E-state index in [1.807, 2.05) is 0 Å². The van der Waals surface area contributed by atoms with E-state index in [9.17, 15) is 13.2 Å². The molecule has 1 aliphatic rings. The maximum Gasteiger partial charge on any atom is 0.573 e. The summed E-state index contributed by atoms with van der Waals surface area (Å²) in [5.74, 6) is -0.273. The van der Waals surface area contributed by atoms with Gasteiger partial charge in [0.25, 0.3) is 0 Å². The number of piperidine rings is 1. The average molecular weight is 472 g/mol. The maximum absolute atomic E-state index is 12.4. The third-order valence-electron chi connectivity index (χ3n) is 3.99. The van der Waals surface area contributed by atoms with Crippen LogP contribution >= 0.6 is 24.0 Å². The molecular formula is C16H24F3IN4O. The molecule has 9 heteroatoms. The van der Waals surface area contributed by atoms with Gasteiger partial charge in [0.05, 0.1) is 12.2 Å². The Balaban J connectivity index is 0.00000312. The largest absolute Gasteiger partial charge is 0.573 e. The second kappa shape index (κ2) is 10.0. The van der Waals surface area contributed by atoms with E-state index in [1.165, 1.54) is 37.5 Å². The van der Waals surface area contributed by atoms with E-state index in [2.05, 4.69) is 26.9 Å². The number of hydrogen-bond donors (Lipinski definition) is 2. The second-order valence-corrected chi connectivity index (χ2v) is 5.82. The number of aliphatic imine (C=N–C) groups is 1. The summed E-state index contributed by atoms with van der Waals surface area (Å²) in [5.41, 5.74) is 5.90. The molecule has 142 valence electrons. The first-order valence-electron chi connectivity index (χ1n) is 8.01. The van der Waals surface area contributed by atoms with Crippen molar-refractivity contribution in [2.45, 2.75) is 38.6 Å². The van der Waals surface area contributed by atoms with Crippen LogP contribution in [0.2, 0.25) is 0 Å². The maximum atomic E-state index is 12.4. The number of halogens is 4. The molecule has 1 aliphatic heterocycles. The molecule has 0 aromatic heterocycles. The van der Waals surface area contributed by atoms with Gasteiger partial charge in [-0.1, -0.05) is 18.6 Å². The number of alkyl halides is 3. The first-order valence-corrected chi connectivity index (χ1v) is 8.01. The van der Waals surface area contributed by atoms with Gasteiger partial charge < -0.3 is 15.8 Å². The lowest BCUT2D eigenvalue weighted by atomic mass is 10.0. The molecule has 1 unspecified atom stereocenters. The Hall–Kier alpha value is -1.23. The van der Waals surface area contributed by atoms with Crippen LogP contribution in [0.25, 0.3) is 0 Å². The van der Waals surface area contributed by atoms with Gasteiger partial charge in [-0.2, -0.15) is 0 Å². The molecule has 1 atom stereocenters. The highest BCUT2D eigenvalue weighted by atomic mass is 127. The van der Waals surface area contributed by atoms with E-state index in [4.69, 9.17) is 5.73 Å². The van der Waals surface area contributed by atoms with Crippen molar-refractivity contribution < 1.29 is 17.9 Å². The highest BCUT2D eigenvalue weighted by Gasteiger charge is 2.32. The minimum Gasteiger partial charge on any atom is -0.404 e. The molecule has 0 amide bonds. The van der Waals surface area contributed by atoms with E-state index in [-0.39, 0.29) is 41.4 Å². The van der Waals surface area contributed by atoms with E-state index < -0.39 is 6.36 Å². The monoisotopic (exact) mass is 472 g/mol. The van der Waals surface area contributed by atoms with Crippen LogP contribution in [0.1, 0.15) is 26.2 Å². The van der Waals surface area contributed by atoms with Crippen LogP contribution in [0.4, 0.5) is 18.9 Å². The lowest BCUT2D eigenvalue weighted by Crippen LogP contribution is -2.39. The summed E-state index contributed by atoms with van der Waals surface area (Å²) in [7, 11) is 0. The number of likely N-dealkylation sites (tertiary alicyclic amines) is 1. The molecule has 25 heavy (non-hydrogen) atoms. The lowest BCUT2D eigenvalue weighted by molar-refractivity contribution is -0.274.